The van der Waals surface area contributed by atoms with E-state index in [4.69, 9.17) is 21.3 Å². The fourth-order valence-electron chi connectivity index (χ4n) is 4.09. The fraction of sp³-hybridized carbons (Fsp3) is 0.292. The van der Waals surface area contributed by atoms with E-state index in [0.717, 1.165) is 31.6 Å². The van der Waals surface area contributed by atoms with Gasteiger partial charge in [-0.15, -0.1) is 0 Å². The molecule has 164 valence electrons. The van der Waals surface area contributed by atoms with E-state index in [9.17, 15) is 9.18 Å². The molecule has 0 N–H and O–H groups in total. The van der Waals surface area contributed by atoms with Gasteiger partial charge in [0, 0.05) is 36.6 Å². The van der Waals surface area contributed by atoms with Gasteiger partial charge in [-0.1, -0.05) is 23.7 Å². The van der Waals surface area contributed by atoms with E-state index in [1.807, 2.05) is 0 Å². The molecule has 0 radical (unpaired) electrons. The first-order valence-electron chi connectivity index (χ1n) is 10.7. The van der Waals surface area contributed by atoms with Crippen molar-refractivity contribution in [2.24, 2.45) is 0 Å². The molecule has 0 saturated carbocycles. The van der Waals surface area contributed by atoms with Crippen molar-refractivity contribution in [1.82, 2.24) is 14.9 Å². The second-order valence-electron chi connectivity index (χ2n) is 7.96. The third-order valence-corrected chi connectivity index (χ3v) is 6.07. The van der Waals surface area contributed by atoms with Crippen LogP contribution in [0.15, 0.2) is 48.5 Å². The lowest BCUT2D eigenvalue weighted by Crippen LogP contribution is -2.37. The quantitative estimate of drug-likeness (QED) is 0.565. The van der Waals surface area contributed by atoms with Crippen molar-refractivity contribution >= 4 is 23.5 Å². The summed E-state index contributed by atoms with van der Waals surface area (Å²) in [6.07, 6.45) is 2.76. The highest BCUT2D eigenvalue weighted by Crippen LogP contribution is 2.33. The predicted molar refractivity (Wildman–Crippen MR) is 120 cm³/mol. The summed E-state index contributed by atoms with van der Waals surface area (Å²) in [5.41, 5.74) is 2.11. The van der Waals surface area contributed by atoms with Crippen LogP contribution >= 0.6 is 11.6 Å². The lowest BCUT2D eigenvalue weighted by Gasteiger charge is -2.30. The molecule has 0 aliphatic carbocycles. The van der Waals surface area contributed by atoms with Gasteiger partial charge in [0.1, 0.15) is 0 Å². The standard InChI is InChI=1S/C24H22ClFN4O2/c25-17-9-7-16(8-10-17)23(31)30-14-11-20-18(15-30)22(32-21-6-2-1-5-19(21)26)28-24(27-20)29-12-3-4-13-29/h1-2,5-10H,3-4,11-15H2. The second-order valence-corrected chi connectivity index (χ2v) is 8.40. The Kier molecular flexibility index (Phi) is 5.66. The fourth-order valence-corrected chi connectivity index (χ4v) is 4.22. The summed E-state index contributed by atoms with van der Waals surface area (Å²) < 4.78 is 20.3. The number of halogens is 2. The highest BCUT2D eigenvalue weighted by molar-refractivity contribution is 6.30. The molecule has 0 atom stereocenters. The van der Waals surface area contributed by atoms with Crippen LogP contribution in [0.2, 0.25) is 5.02 Å². The molecular weight excluding hydrogens is 431 g/mol. The zero-order valence-electron chi connectivity index (χ0n) is 17.4. The van der Waals surface area contributed by atoms with Crippen molar-refractivity contribution in [3.8, 4) is 11.6 Å². The van der Waals surface area contributed by atoms with Crippen molar-refractivity contribution in [2.75, 3.05) is 24.5 Å². The SMILES string of the molecule is O=C(c1ccc(Cl)cc1)N1CCc2nc(N3CCCC3)nc(Oc3ccccc3F)c2C1. The van der Waals surface area contributed by atoms with E-state index in [1.165, 1.54) is 6.07 Å². The molecule has 1 amide bonds. The van der Waals surface area contributed by atoms with Crippen LogP contribution < -0.4 is 9.64 Å². The molecule has 3 heterocycles. The Labute approximate surface area is 190 Å². The molecule has 0 unspecified atom stereocenters. The molecule has 0 spiro atoms. The van der Waals surface area contributed by atoms with E-state index >= 15 is 0 Å². The first-order valence-corrected chi connectivity index (χ1v) is 11.1. The summed E-state index contributed by atoms with van der Waals surface area (Å²) in [7, 11) is 0. The summed E-state index contributed by atoms with van der Waals surface area (Å²) >= 11 is 5.96. The minimum atomic E-state index is -0.465. The Hall–Kier alpha value is -3.19. The number of carbonyl (C=O) groups excluding carboxylic acids is 1. The first kappa shape index (κ1) is 20.7. The molecule has 2 aliphatic rings. The molecule has 2 aromatic carbocycles. The van der Waals surface area contributed by atoms with Crippen LogP contribution in [-0.2, 0) is 13.0 Å². The Bertz CT molecular complexity index is 1150. The number of amides is 1. The van der Waals surface area contributed by atoms with Gasteiger partial charge in [0.2, 0.25) is 11.8 Å². The lowest BCUT2D eigenvalue weighted by molar-refractivity contribution is 0.0732. The van der Waals surface area contributed by atoms with E-state index in [2.05, 4.69) is 9.88 Å². The van der Waals surface area contributed by atoms with E-state index < -0.39 is 5.82 Å². The van der Waals surface area contributed by atoms with Gasteiger partial charge in [0.15, 0.2) is 11.6 Å². The molecule has 3 aromatic rings. The van der Waals surface area contributed by atoms with Crippen LogP contribution in [0.1, 0.15) is 34.5 Å². The predicted octanol–water partition coefficient (Wildman–Crippen LogP) is 4.86. The third-order valence-electron chi connectivity index (χ3n) is 5.82. The monoisotopic (exact) mass is 452 g/mol. The number of ether oxygens (including phenoxy) is 1. The first-order chi connectivity index (χ1) is 15.6. The molecule has 0 bridgehead atoms. The molecular formula is C24H22ClFN4O2. The molecule has 8 heteroatoms. The number of aromatic nitrogens is 2. The number of fused-ring (bicyclic) bond motifs is 1. The van der Waals surface area contributed by atoms with Gasteiger partial charge in [0.05, 0.1) is 17.8 Å². The maximum Gasteiger partial charge on any atom is 0.254 e. The molecule has 2 aliphatic heterocycles. The van der Waals surface area contributed by atoms with E-state index in [-0.39, 0.29) is 11.7 Å². The van der Waals surface area contributed by atoms with Crippen molar-refractivity contribution in [2.45, 2.75) is 25.8 Å². The van der Waals surface area contributed by atoms with Crippen LogP contribution in [0, 0.1) is 5.82 Å². The Morgan fingerprint density at radius 1 is 1.00 bits per heavy atom. The third kappa shape index (κ3) is 4.12. The van der Waals surface area contributed by atoms with Crippen LogP contribution in [0.5, 0.6) is 11.6 Å². The number of carbonyl (C=O) groups is 1. The average Bonchev–Trinajstić information content (AvgIpc) is 3.35. The smallest absolute Gasteiger partial charge is 0.254 e. The summed E-state index contributed by atoms with van der Waals surface area (Å²) in [5, 5.41) is 0.578. The number of para-hydroxylation sites is 1. The summed E-state index contributed by atoms with van der Waals surface area (Å²) in [4.78, 5) is 26.3. The highest BCUT2D eigenvalue weighted by Gasteiger charge is 2.29. The van der Waals surface area contributed by atoms with Crippen LogP contribution in [0.25, 0.3) is 0 Å². The van der Waals surface area contributed by atoms with Gasteiger partial charge < -0.3 is 14.5 Å². The molecule has 6 nitrogen and oxygen atoms in total. The molecule has 1 saturated heterocycles. The maximum absolute atomic E-state index is 14.3. The van der Waals surface area contributed by atoms with Crippen LogP contribution in [-0.4, -0.2) is 40.4 Å². The van der Waals surface area contributed by atoms with Gasteiger partial charge in [-0.25, -0.2) is 9.37 Å². The molecule has 32 heavy (non-hydrogen) atoms. The number of benzene rings is 2. The second kappa shape index (κ2) is 8.74. The molecule has 1 fully saturated rings. The van der Waals surface area contributed by atoms with Crippen LogP contribution in [0.4, 0.5) is 10.3 Å². The summed E-state index contributed by atoms with van der Waals surface area (Å²) in [5.74, 6) is 0.433. The summed E-state index contributed by atoms with van der Waals surface area (Å²) in [6.45, 7) is 2.60. The van der Waals surface area contributed by atoms with E-state index in [1.54, 1.807) is 47.4 Å². The van der Waals surface area contributed by atoms with Crippen molar-refractivity contribution in [3.63, 3.8) is 0 Å². The number of anilines is 1. The maximum atomic E-state index is 14.3. The van der Waals surface area contributed by atoms with Gasteiger partial charge in [-0.3, -0.25) is 4.79 Å². The Balaban J connectivity index is 1.49. The molecule has 5 rings (SSSR count). The number of hydrogen-bond acceptors (Lipinski definition) is 5. The van der Waals surface area contributed by atoms with Crippen molar-refractivity contribution in [3.05, 3.63) is 76.2 Å². The van der Waals surface area contributed by atoms with Crippen LogP contribution in [0.3, 0.4) is 0 Å². The summed E-state index contributed by atoms with van der Waals surface area (Å²) in [6, 6.07) is 13.1. The number of rotatable bonds is 4. The minimum absolute atomic E-state index is 0.0990. The number of nitrogens with zero attached hydrogens (tertiary/aromatic N) is 4. The Morgan fingerprint density at radius 2 is 1.75 bits per heavy atom. The van der Waals surface area contributed by atoms with Gasteiger partial charge in [-0.2, -0.15) is 4.98 Å². The van der Waals surface area contributed by atoms with Gasteiger partial charge >= 0.3 is 0 Å². The largest absolute Gasteiger partial charge is 0.435 e. The lowest BCUT2D eigenvalue weighted by atomic mass is 10.1. The average molecular weight is 453 g/mol. The number of hydrogen-bond donors (Lipinski definition) is 0. The van der Waals surface area contributed by atoms with Crippen molar-refractivity contribution in [1.29, 1.82) is 0 Å². The Morgan fingerprint density at radius 3 is 2.50 bits per heavy atom. The minimum Gasteiger partial charge on any atom is -0.435 e. The van der Waals surface area contributed by atoms with E-state index in [0.29, 0.717) is 47.5 Å². The molecule has 1 aromatic heterocycles. The highest BCUT2D eigenvalue weighted by atomic mass is 35.5. The topological polar surface area (TPSA) is 58.6 Å². The van der Waals surface area contributed by atoms with Gasteiger partial charge in [0.25, 0.3) is 5.91 Å². The van der Waals surface area contributed by atoms with Gasteiger partial charge in [-0.05, 0) is 49.2 Å². The van der Waals surface area contributed by atoms with Crippen molar-refractivity contribution < 1.29 is 13.9 Å². The zero-order chi connectivity index (χ0) is 22.1. The zero-order valence-corrected chi connectivity index (χ0v) is 18.2. The normalized spacial score (nSPS) is 15.6.